The highest BCUT2D eigenvalue weighted by molar-refractivity contribution is 7.77. The molecule has 0 aromatic carbocycles. The number of aliphatic carboxylic acids is 1. The lowest BCUT2D eigenvalue weighted by atomic mass is 10.0. The van der Waals surface area contributed by atoms with Gasteiger partial charge in [-0.15, -0.1) is 0 Å². The van der Waals surface area contributed by atoms with Gasteiger partial charge in [-0.25, -0.2) is 0 Å². The van der Waals surface area contributed by atoms with Crippen LogP contribution in [-0.4, -0.2) is 28.5 Å². The molecule has 0 aromatic rings. The minimum Gasteiger partial charge on any atom is -0.481 e. The molecule has 0 bridgehead atoms. The maximum absolute atomic E-state index is 10.4. The molecule has 1 atom stereocenters. The van der Waals surface area contributed by atoms with E-state index in [2.05, 4.69) is 12.8 Å². The number of carboxylic acids is 1. The molecule has 1 N–H and O–H groups in total. The highest BCUT2D eigenvalue weighted by atomic mass is 32.1. The Morgan fingerprint density at radius 3 is 2.80 bits per heavy atom. The molecule has 3 nitrogen and oxygen atoms in total. The molecule has 1 aliphatic rings. The van der Waals surface area contributed by atoms with Crippen molar-refractivity contribution < 1.29 is 9.90 Å². The van der Waals surface area contributed by atoms with Gasteiger partial charge in [-0.05, 0) is 12.8 Å². The molecule has 0 saturated carbocycles. The Morgan fingerprint density at radius 2 is 2.40 bits per heavy atom. The number of hydrogen-bond donors (Lipinski definition) is 2. The van der Waals surface area contributed by atoms with E-state index >= 15 is 0 Å². The first kappa shape index (κ1) is 7.88. The highest BCUT2D eigenvalue weighted by Gasteiger charge is 2.23. The maximum atomic E-state index is 10.4. The van der Waals surface area contributed by atoms with Crippen LogP contribution in [0.2, 0.25) is 0 Å². The maximum Gasteiger partial charge on any atom is 0.307 e. The molecule has 1 saturated heterocycles. The van der Waals surface area contributed by atoms with E-state index in [1.165, 1.54) is 0 Å². The molecule has 0 aliphatic carbocycles. The second kappa shape index (κ2) is 3.25. The summed E-state index contributed by atoms with van der Waals surface area (Å²) in [6, 6.07) is 0. The van der Waals surface area contributed by atoms with Crippen molar-refractivity contribution in [3.05, 3.63) is 0 Å². The number of carboxylic acid groups (broad SMARTS) is 1. The number of piperidine rings is 1. The third kappa shape index (κ3) is 1.88. The lowest BCUT2D eigenvalue weighted by Gasteiger charge is -2.25. The van der Waals surface area contributed by atoms with E-state index in [1.807, 2.05) is 0 Å². The zero-order chi connectivity index (χ0) is 7.56. The third-order valence-electron chi connectivity index (χ3n) is 1.75. The smallest absolute Gasteiger partial charge is 0.307 e. The first-order chi connectivity index (χ1) is 4.70. The van der Waals surface area contributed by atoms with Gasteiger partial charge in [0, 0.05) is 13.1 Å². The van der Waals surface area contributed by atoms with E-state index in [0.29, 0.717) is 6.54 Å². The molecule has 0 radical (unpaired) electrons. The minimum atomic E-state index is -0.696. The van der Waals surface area contributed by atoms with Gasteiger partial charge in [0.2, 0.25) is 0 Å². The summed E-state index contributed by atoms with van der Waals surface area (Å²) in [5, 5.41) is 8.60. The normalized spacial score (nSPS) is 28.3. The molecule has 1 heterocycles. The second-order valence-electron chi connectivity index (χ2n) is 2.59. The molecule has 1 aliphatic heterocycles. The van der Waals surface area contributed by atoms with E-state index in [9.17, 15) is 4.79 Å². The van der Waals surface area contributed by atoms with E-state index < -0.39 is 5.97 Å². The summed E-state index contributed by atoms with van der Waals surface area (Å²) in [5.41, 5.74) is 0. The Labute approximate surface area is 65.6 Å². The second-order valence-corrected chi connectivity index (χ2v) is 3.16. The van der Waals surface area contributed by atoms with Crippen molar-refractivity contribution in [3.63, 3.8) is 0 Å². The fourth-order valence-corrected chi connectivity index (χ4v) is 1.50. The van der Waals surface area contributed by atoms with Crippen molar-refractivity contribution in [2.75, 3.05) is 13.1 Å². The fourth-order valence-electron chi connectivity index (χ4n) is 1.16. The van der Waals surface area contributed by atoms with Gasteiger partial charge < -0.3 is 5.11 Å². The standard InChI is InChI=1S/C6H11NO2S/c8-6(9)5-2-1-3-7(10)4-5/h5,10H,1-4H2,(H,8,9). The zero-order valence-electron chi connectivity index (χ0n) is 5.66. The van der Waals surface area contributed by atoms with E-state index in [-0.39, 0.29) is 5.92 Å². The van der Waals surface area contributed by atoms with Gasteiger partial charge in [-0.2, -0.15) is 0 Å². The number of nitrogens with zero attached hydrogens (tertiary/aromatic N) is 1. The molecular weight excluding hydrogens is 150 g/mol. The molecule has 0 amide bonds. The number of rotatable bonds is 1. The lowest BCUT2D eigenvalue weighted by Crippen LogP contribution is -2.32. The summed E-state index contributed by atoms with van der Waals surface area (Å²) in [7, 11) is 0. The van der Waals surface area contributed by atoms with Gasteiger partial charge in [-0.1, -0.05) is 12.8 Å². The van der Waals surface area contributed by atoms with Crippen molar-refractivity contribution >= 4 is 18.8 Å². The molecule has 4 heteroatoms. The van der Waals surface area contributed by atoms with Crippen LogP contribution in [0.4, 0.5) is 0 Å². The average molecular weight is 161 g/mol. The van der Waals surface area contributed by atoms with Gasteiger partial charge in [0.25, 0.3) is 0 Å². The third-order valence-corrected chi connectivity index (χ3v) is 2.11. The summed E-state index contributed by atoms with van der Waals surface area (Å²) in [4.78, 5) is 10.4. The van der Waals surface area contributed by atoms with Crippen molar-refractivity contribution in [1.29, 1.82) is 0 Å². The Bertz CT molecular complexity index is 140. The van der Waals surface area contributed by atoms with Crippen molar-refractivity contribution in [2.24, 2.45) is 5.92 Å². The van der Waals surface area contributed by atoms with Crippen LogP contribution in [0.1, 0.15) is 12.8 Å². The van der Waals surface area contributed by atoms with Gasteiger partial charge in [0.1, 0.15) is 0 Å². The Morgan fingerprint density at radius 1 is 1.70 bits per heavy atom. The summed E-state index contributed by atoms with van der Waals surface area (Å²) < 4.78 is 1.77. The monoisotopic (exact) mass is 161 g/mol. The van der Waals surface area contributed by atoms with Gasteiger partial charge in [-0.3, -0.25) is 9.10 Å². The fraction of sp³-hybridized carbons (Fsp3) is 0.833. The first-order valence-electron chi connectivity index (χ1n) is 3.37. The molecule has 0 spiro atoms. The molecule has 1 unspecified atom stereocenters. The van der Waals surface area contributed by atoms with Crippen LogP contribution in [0.25, 0.3) is 0 Å². The molecule has 1 rings (SSSR count). The summed E-state index contributed by atoms with van der Waals surface area (Å²) >= 11 is 4.09. The van der Waals surface area contributed by atoms with E-state index in [1.54, 1.807) is 4.31 Å². The van der Waals surface area contributed by atoms with Crippen LogP contribution in [0.5, 0.6) is 0 Å². The molecule has 0 aromatic heterocycles. The number of thiol groups is 1. The molecule has 10 heavy (non-hydrogen) atoms. The first-order valence-corrected chi connectivity index (χ1v) is 3.77. The average Bonchev–Trinajstić information content (AvgIpc) is 1.88. The predicted octanol–water partition coefficient (Wildman–Crippen LogP) is 0.628. The summed E-state index contributed by atoms with van der Waals surface area (Å²) in [5.74, 6) is -0.898. The number of carbonyl (C=O) groups is 1. The molecule has 1 fully saturated rings. The largest absolute Gasteiger partial charge is 0.481 e. The van der Waals surface area contributed by atoms with E-state index in [0.717, 1.165) is 19.4 Å². The Hall–Kier alpha value is -0.220. The summed E-state index contributed by atoms with van der Waals surface area (Å²) in [6.45, 7) is 1.49. The summed E-state index contributed by atoms with van der Waals surface area (Å²) in [6.07, 6.45) is 1.74. The SMILES string of the molecule is O=C(O)C1CCCN(S)C1. The van der Waals surface area contributed by atoms with Crippen LogP contribution < -0.4 is 0 Å². The van der Waals surface area contributed by atoms with Crippen LogP contribution in [-0.2, 0) is 4.79 Å². The predicted molar refractivity (Wildman–Crippen MR) is 40.9 cm³/mol. The quantitative estimate of drug-likeness (QED) is 0.554. The Balaban J connectivity index is 2.39. The highest BCUT2D eigenvalue weighted by Crippen LogP contribution is 2.17. The van der Waals surface area contributed by atoms with Gasteiger partial charge in [0.15, 0.2) is 0 Å². The zero-order valence-corrected chi connectivity index (χ0v) is 6.55. The van der Waals surface area contributed by atoms with Gasteiger partial charge in [0.05, 0.1) is 5.92 Å². The minimum absolute atomic E-state index is 0.203. The number of hydrogen-bond acceptors (Lipinski definition) is 3. The van der Waals surface area contributed by atoms with Crippen molar-refractivity contribution in [2.45, 2.75) is 12.8 Å². The van der Waals surface area contributed by atoms with Crippen LogP contribution in [0, 0.1) is 5.92 Å². The van der Waals surface area contributed by atoms with Crippen LogP contribution >= 0.6 is 12.8 Å². The van der Waals surface area contributed by atoms with Crippen molar-refractivity contribution in [1.82, 2.24) is 4.31 Å². The Kier molecular flexibility index (Phi) is 2.56. The molecular formula is C6H11NO2S. The van der Waals surface area contributed by atoms with E-state index in [4.69, 9.17) is 5.11 Å². The van der Waals surface area contributed by atoms with Gasteiger partial charge >= 0.3 is 5.97 Å². The van der Waals surface area contributed by atoms with Crippen molar-refractivity contribution in [3.8, 4) is 0 Å². The molecule has 58 valence electrons. The van der Waals surface area contributed by atoms with Crippen LogP contribution in [0.3, 0.4) is 0 Å². The lowest BCUT2D eigenvalue weighted by molar-refractivity contribution is -0.142. The topological polar surface area (TPSA) is 40.5 Å². The van der Waals surface area contributed by atoms with Crippen LogP contribution in [0.15, 0.2) is 0 Å².